The number of furan rings is 1. The third-order valence-electron chi connectivity index (χ3n) is 3.01. The van der Waals surface area contributed by atoms with Gasteiger partial charge in [0.1, 0.15) is 5.69 Å². The number of aromatic nitrogens is 2. The zero-order valence-corrected chi connectivity index (χ0v) is 10.9. The Balaban J connectivity index is 2.09. The third-order valence-corrected chi connectivity index (χ3v) is 3.01. The molecule has 0 amide bonds. The summed E-state index contributed by atoms with van der Waals surface area (Å²) in [5.74, 6) is 0. The predicted octanol–water partition coefficient (Wildman–Crippen LogP) is 3.33. The molecule has 3 rings (SSSR count). The van der Waals surface area contributed by atoms with E-state index in [0.717, 1.165) is 16.9 Å². The number of benzene rings is 1. The molecule has 0 aliphatic carbocycles. The van der Waals surface area contributed by atoms with Crippen LogP contribution in [0.3, 0.4) is 0 Å². The van der Waals surface area contributed by atoms with Crippen molar-refractivity contribution in [3.05, 3.63) is 54.1 Å². The van der Waals surface area contributed by atoms with E-state index in [1.165, 1.54) is 11.1 Å². The van der Waals surface area contributed by atoms with Crippen molar-refractivity contribution in [2.75, 3.05) is 5.73 Å². The van der Waals surface area contributed by atoms with Crippen LogP contribution in [0.4, 0.5) is 5.69 Å². The average Bonchev–Trinajstić information content (AvgIpc) is 2.96. The maximum atomic E-state index is 6.02. The second-order valence-electron chi connectivity index (χ2n) is 4.74. The molecule has 1 aromatic carbocycles. The van der Waals surface area contributed by atoms with E-state index >= 15 is 0 Å². The lowest BCUT2D eigenvalue weighted by atomic mass is 10.1. The Morgan fingerprint density at radius 3 is 2.53 bits per heavy atom. The highest BCUT2D eigenvalue weighted by atomic mass is 16.3. The van der Waals surface area contributed by atoms with Gasteiger partial charge in [-0.2, -0.15) is 5.10 Å². The van der Waals surface area contributed by atoms with Crippen molar-refractivity contribution in [3.8, 4) is 16.9 Å². The molecule has 3 aromatic rings. The average molecular weight is 253 g/mol. The van der Waals surface area contributed by atoms with E-state index in [-0.39, 0.29) is 0 Å². The first-order chi connectivity index (χ1) is 9.13. The molecule has 4 nitrogen and oxygen atoms in total. The monoisotopic (exact) mass is 253 g/mol. The highest BCUT2D eigenvalue weighted by molar-refractivity contribution is 5.71. The molecule has 96 valence electrons. The topological polar surface area (TPSA) is 57.0 Å². The summed E-state index contributed by atoms with van der Waals surface area (Å²) in [5, 5.41) is 4.54. The van der Waals surface area contributed by atoms with Gasteiger partial charge in [0.05, 0.1) is 30.1 Å². The largest absolute Gasteiger partial charge is 0.472 e. The molecule has 2 heterocycles. The molecule has 0 aliphatic heterocycles. The summed E-state index contributed by atoms with van der Waals surface area (Å²) in [6, 6.07) is 8.15. The summed E-state index contributed by atoms with van der Waals surface area (Å²) in [6.45, 7) is 4.14. The number of anilines is 1. The Hall–Kier alpha value is -2.49. The highest BCUT2D eigenvalue weighted by Crippen LogP contribution is 2.26. The first-order valence-electron chi connectivity index (χ1n) is 6.10. The van der Waals surface area contributed by atoms with Crippen molar-refractivity contribution in [2.24, 2.45) is 0 Å². The van der Waals surface area contributed by atoms with E-state index < -0.39 is 0 Å². The fourth-order valence-corrected chi connectivity index (χ4v) is 2.23. The Bertz CT molecular complexity index is 691. The Morgan fingerprint density at radius 2 is 1.89 bits per heavy atom. The van der Waals surface area contributed by atoms with Crippen LogP contribution in [0.1, 0.15) is 11.1 Å². The first-order valence-corrected chi connectivity index (χ1v) is 6.10. The number of nitrogens with zero attached hydrogens (tertiary/aromatic N) is 2. The number of nitrogen functional groups attached to an aromatic ring is 1. The molecule has 0 fully saturated rings. The zero-order valence-electron chi connectivity index (χ0n) is 10.9. The summed E-state index contributed by atoms with van der Waals surface area (Å²) in [7, 11) is 0. The maximum absolute atomic E-state index is 6.02. The van der Waals surface area contributed by atoms with E-state index in [1.54, 1.807) is 17.2 Å². The predicted molar refractivity (Wildman–Crippen MR) is 75.2 cm³/mol. The van der Waals surface area contributed by atoms with Crippen LogP contribution in [-0.4, -0.2) is 9.78 Å². The lowest BCUT2D eigenvalue weighted by molar-refractivity contribution is 0.568. The number of rotatable bonds is 2. The van der Waals surface area contributed by atoms with Gasteiger partial charge in [0.2, 0.25) is 0 Å². The Morgan fingerprint density at radius 1 is 1.16 bits per heavy atom. The van der Waals surface area contributed by atoms with Crippen molar-refractivity contribution < 1.29 is 4.42 Å². The normalized spacial score (nSPS) is 10.8. The minimum Gasteiger partial charge on any atom is -0.472 e. The Kier molecular flexibility index (Phi) is 2.63. The van der Waals surface area contributed by atoms with Crippen LogP contribution in [0.15, 0.2) is 47.4 Å². The molecule has 4 heteroatoms. The smallest absolute Gasteiger partial charge is 0.119 e. The maximum Gasteiger partial charge on any atom is 0.119 e. The van der Waals surface area contributed by atoms with Crippen LogP contribution in [0.5, 0.6) is 0 Å². The van der Waals surface area contributed by atoms with Gasteiger partial charge in [-0.1, -0.05) is 6.07 Å². The molecule has 0 saturated heterocycles. The summed E-state index contributed by atoms with van der Waals surface area (Å²) < 4.78 is 6.88. The van der Waals surface area contributed by atoms with E-state index in [2.05, 4.69) is 37.1 Å². The second-order valence-corrected chi connectivity index (χ2v) is 4.74. The van der Waals surface area contributed by atoms with Crippen molar-refractivity contribution in [3.63, 3.8) is 0 Å². The molecule has 2 aromatic heterocycles. The molecule has 0 aliphatic rings. The van der Waals surface area contributed by atoms with Crippen LogP contribution in [-0.2, 0) is 0 Å². The molecule has 0 saturated carbocycles. The zero-order chi connectivity index (χ0) is 13.4. The summed E-state index contributed by atoms with van der Waals surface area (Å²) in [6.07, 6.45) is 5.09. The summed E-state index contributed by atoms with van der Waals surface area (Å²) >= 11 is 0. The van der Waals surface area contributed by atoms with Gasteiger partial charge in [-0.25, -0.2) is 4.68 Å². The minimum atomic E-state index is 0.639. The van der Waals surface area contributed by atoms with Gasteiger partial charge in [-0.3, -0.25) is 0 Å². The first kappa shape index (κ1) is 11.6. The van der Waals surface area contributed by atoms with Crippen molar-refractivity contribution >= 4 is 5.69 Å². The number of aryl methyl sites for hydroxylation is 2. The van der Waals surface area contributed by atoms with Gasteiger partial charge >= 0.3 is 0 Å². The molecular weight excluding hydrogens is 238 g/mol. The fraction of sp³-hybridized carbons (Fsp3) is 0.133. The summed E-state index contributed by atoms with van der Waals surface area (Å²) in [4.78, 5) is 0. The van der Waals surface area contributed by atoms with Crippen LogP contribution in [0, 0.1) is 13.8 Å². The van der Waals surface area contributed by atoms with E-state index in [9.17, 15) is 0 Å². The fourth-order valence-electron chi connectivity index (χ4n) is 2.23. The van der Waals surface area contributed by atoms with Crippen LogP contribution in [0.2, 0.25) is 0 Å². The lowest BCUT2D eigenvalue weighted by Crippen LogP contribution is -1.96. The van der Waals surface area contributed by atoms with Crippen molar-refractivity contribution in [2.45, 2.75) is 13.8 Å². The molecule has 2 N–H and O–H groups in total. The van der Waals surface area contributed by atoms with E-state index in [4.69, 9.17) is 10.2 Å². The highest BCUT2D eigenvalue weighted by Gasteiger charge is 2.11. The van der Waals surface area contributed by atoms with Crippen LogP contribution < -0.4 is 5.73 Å². The van der Waals surface area contributed by atoms with Gasteiger partial charge in [-0.15, -0.1) is 0 Å². The number of nitrogens with two attached hydrogens (primary N) is 1. The quantitative estimate of drug-likeness (QED) is 0.762. The molecular formula is C15H15N3O. The van der Waals surface area contributed by atoms with Crippen LogP contribution >= 0.6 is 0 Å². The molecule has 19 heavy (non-hydrogen) atoms. The number of hydrogen-bond donors (Lipinski definition) is 1. The standard InChI is InChI=1S/C15H15N3O/c1-10-5-11(2)7-13(6-10)18-8-14(16)15(17-18)12-3-4-19-9-12/h3-9H,16H2,1-2H3. The van der Waals surface area contributed by atoms with Gasteiger partial charge in [-0.05, 0) is 43.2 Å². The minimum absolute atomic E-state index is 0.639. The van der Waals surface area contributed by atoms with Gasteiger partial charge in [0.15, 0.2) is 0 Å². The SMILES string of the molecule is Cc1cc(C)cc(-n2cc(N)c(-c3ccoc3)n2)c1. The molecule has 0 radical (unpaired) electrons. The molecule has 0 bridgehead atoms. The lowest BCUT2D eigenvalue weighted by Gasteiger charge is -2.04. The van der Waals surface area contributed by atoms with E-state index in [0.29, 0.717) is 5.69 Å². The summed E-state index contributed by atoms with van der Waals surface area (Å²) in [5.41, 5.74) is 11.7. The Labute approximate surface area is 111 Å². The van der Waals surface area contributed by atoms with Gasteiger partial charge in [0.25, 0.3) is 0 Å². The van der Waals surface area contributed by atoms with E-state index in [1.807, 2.05) is 12.3 Å². The molecule has 0 atom stereocenters. The molecule has 0 spiro atoms. The van der Waals surface area contributed by atoms with Crippen molar-refractivity contribution in [1.82, 2.24) is 9.78 Å². The van der Waals surface area contributed by atoms with Crippen LogP contribution in [0.25, 0.3) is 16.9 Å². The number of hydrogen-bond acceptors (Lipinski definition) is 3. The molecule has 0 unspecified atom stereocenters. The van der Waals surface area contributed by atoms with Gasteiger partial charge in [0, 0.05) is 5.56 Å². The second kappa shape index (κ2) is 4.31. The van der Waals surface area contributed by atoms with Crippen molar-refractivity contribution in [1.29, 1.82) is 0 Å². The van der Waals surface area contributed by atoms with Gasteiger partial charge < -0.3 is 10.2 Å². The third kappa shape index (κ3) is 2.12.